The number of hydrogen-bond donors (Lipinski definition) is 2. The molecule has 1 atom stereocenters. The van der Waals surface area contributed by atoms with Gasteiger partial charge < -0.3 is 15.3 Å². The molecule has 0 aromatic heterocycles. The Morgan fingerprint density at radius 2 is 2.14 bits per heavy atom. The summed E-state index contributed by atoms with van der Waals surface area (Å²) < 4.78 is 0. The number of anilines is 1. The molecule has 0 spiro atoms. The Bertz CT molecular complexity index is 560. The molecule has 1 aliphatic rings. The predicted octanol–water partition coefficient (Wildman–Crippen LogP) is 2.63. The monoisotopic (exact) mass is 310 g/mol. The fraction of sp³-hybridized carbons (Fsp3) is 0.467. The number of benzene rings is 1. The van der Waals surface area contributed by atoms with Crippen LogP contribution >= 0.6 is 11.6 Å². The van der Waals surface area contributed by atoms with Crippen LogP contribution in [-0.2, 0) is 9.59 Å². The molecule has 1 aromatic rings. The smallest absolute Gasteiger partial charge is 0.247 e. The lowest BCUT2D eigenvalue weighted by Gasteiger charge is -2.29. The summed E-state index contributed by atoms with van der Waals surface area (Å²) in [7, 11) is 0. The first-order valence-electron chi connectivity index (χ1n) is 6.99. The van der Waals surface area contributed by atoms with Crippen LogP contribution < -0.4 is 5.32 Å². The Morgan fingerprint density at radius 1 is 1.43 bits per heavy atom. The van der Waals surface area contributed by atoms with Crippen molar-refractivity contribution in [3.8, 4) is 5.75 Å². The van der Waals surface area contributed by atoms with Crippen LogP contribution in [0.15, 0.2) is 18.2 Å². The fourth-order valence-electron chi connectivity index (χ4n) is 2.58. The van der Waals surface area contributed by atoms with Gasteiger partial charge in [-0.3, -0.25) is 9.59 Å². The molecule has 1 aromatic carbocycles. The summed E-state index contributed by atoms with van der Waals surface area (Å²) in [5.41, 5.74) is 0.293. The summed E-state index contributed by atoms with van der Waals surface area (Å²) in [5.74, 6) is -0.394. The summed E-state index contributed by atoms with van der Waals surface area (Å²) >= 11 is 5.76. The number of nitrogens with zero attached hydrogens (tertiary/aromatic N) is 1. The lowest BCUT2D eigenvalue weighted by molar-refractivity contribution is -0.136. The second-order valence-electron chi connectivity index (χ2n) is 5.53. The van der Waals surface area contributed by atoms with Crippen LogP contribution in [-0.4, -0.2) is 34.4 Å². The van der Waals surface area contributed by atoms with Crippen LogP contribution in [0.4, 0.5) is 5.69 Å². The van der Waals surface area contributed by atoms with Crippen LogP contribution in [0.5, 0.6) is 5.75 Å². The topological polar surface area (TPSA) is 69.6 Å². The number of phenolic OH excluding ortho intramolecular Hbond substituents is 1. The molecule has 114 valence electrons. The highest BCUT2D eigenvalue weighted by atomic mass is 35.5. The number of halogens is 1. The molecule has 0 saturated carbocycles. The second-order valence-corrected chi connectivity index (χ2v) is 5.97. The maximum Gasteiger partial charge on any atom is 0.247 e. The summed E-state index contributed by atoms with van der Waals surface area (Å²) in [6.07, 6.45) is 1.27. The number of carbonyl (C=O) groups is 2. The Balaban J connectivity index is 2.17. The predicted molar refractivity (Wildman–Crippen MR) is 81.3 cm³/mol. The maximum absolute atomic E-state index is 12.5. The van der Waals surface area contributed by atoms with Gasteiger partial charge in [0.2, 0.25) is 11.8 Å². The number of nitrogens with one attached hydrogen (secondary N) is 1. The van der Waals surface area contributed by atoms with Gasteiger partial charge in [0.25, 0.3) is 0 Å². The molecule has 0 radical (unpaired) electrons. The van der Waals surface area contributed by atoms with E-state index in [1.165, 1.54) is 6.07 Å². The number of rotatable bonds is 4. The van der Waals surface area contributed by atoms with Crippen LogP contribution in [0.2, 0.25) is 5.02 Å². The van der Waals surface area contributed by atoms with Gasteiger partial charge in [-0.25, -0.2) is 0 Å². The van der Waals surface area contributed by atoms with Crippen molar-refractivity contribution in [3.05, 3.63) is 23.2 Å². The molecule has 0 aliphatic carbocycles. The number of likely N-dealkylation sites (tertiary alicyclic amines) is 1. The molecular weight excluding hydrogens is 292 g/mol. The molecule has 0 bridgehead atoms. The van der Waals surface area contributed by atoms with E-state index < -0.39 is 6.04 Å². The number of hydrogen-bond acceptors (Lipinski definition) is 3. The third-order valence-electron chi connectivity index (χ3n) is 3.56. The average Bonchev–Trinajstić information content (AvgIpc) is 2.79. The van der Waals surface area contributed by atoms with E-state index in [9.17, 15) is 14.7 Å². The van der Waals surface area contributed by atoms with Gasteiger partial charge in [-0.2, -0.15) is 0 Å². The molecule has 1 heterocycles. The molecular formula is C15H19ClN2O3. The first kappa shape index (κ1) is 15.6. The van der Waals surface area contributed by atoms with Crippen molar-refractivity contribution in [2.75, 3.05) is 11.9 Å². The largest absolute Gasteiger partial charge is 0.506 e. The normalized spacial score (nSPS) is 16.4. The standard InChI is InChI=1S/C15H19ClN2O3/c1-9(2)14(18-7-3-4-13(18)20)15(21)17-11-6-5-10(16)8-12(11)19/h5-6,8-9,14,19H,3-4,7H2,1-2H3,(H,17,21). The van der Waals surface area contributed by atoms with Crippen molar-refractivity contribution in [3.63, 3.8) is 0 Å². The quantitative estimate of drug-likeness (QED) is 0.840. The van der Waals surface area contributed by atoms with E-state index in [1.807, 2.05) is 13.8 Å². The van der Waals surface area contributed by atoms with E-state index in [0.29, 0.717) is 23.7 Å². The van der Waals surface area contributed by atoms with Crippen LogP contribution in [0.25, 0.3) is 0 Å². The SMILES string of the molecule is CC(C)C(C(=O)Nc1ccc(Cl)cc1O)N1CCCC1=O. The first-order valence-corrected chi connectivity index (χ1v) is 7.37. The van der Waals surface area contributed by atoms with Crippen LogP contribution in [0, 0.1) is 5.92 Å². The van der Waals surface area contributed by atoms with Gasteiger partial charge in [0, 0.05) is 24.1 Å². The van der Waals surface area contributed by atoms with Crippen LogP contribution in [0.3, 0.4) is 0 Å². The van der Waals surface area contributed by atoms with Crippen LogP contribution in [0.1, 0.15) is 26.7 Å². The summed E-state index contributed by atoms with van der Waals surface area (Å²) in [6.45, 7) is 4.40. The van der Waals surface area contributed by atoms with E-state index in [-0.39, 0.29) is 23.5 Å². The van der Waals surface area contributed by atoms with E-state index in [4.69, 9.17) is 11.6 Å². The van der Waals surface area contributed by atoms with E-state index in [2.05, 4.69) is 5.32 Å². The van der Waals surface area contributed by atoms with Gasteiger partial charge in [-0.15, -0.1) is 0 Å². The molecule has 2 N–H and O–H groups in total. The number of carbonyl (C=O) groups excluding carboxylic acids is 2. The molecule has 1 fully saturated rings. The highest BCUT2D eigenvalue weighted by Gasteiger charge is 2.35. The minimum atomic E-state index is -0.532. The lowest BCUT2D eigenvalue weighted by Crippen LogP contribution is -2.47. The first-order chi connectivity index (χ1) is 9.90. The van der Waals surface area contributed by atoms with E-state index in [0.717, 1.165) is 6.42 Å². The Labute approximate surface area is 128 Å². The van der Waals surface area contributed by atoms with Gasteiger partial charge in [-0.05, 0) is 24.5 Å². The summed E-state index contributed by atoms with van der Waals surface area (Å²) in [5, 5.41) is 12.9. The van der Waals surface area contributed by atoms with Crippen molar-refractivity contribution < 1.29 is 14.7 Å². The third-order valence-corrected chi connectivity index (χ3v) is 3.80. The maximum atomic E-state index is 12.5. The Morgan fingerprint density at radius 3 is 2.67 bits per heavy atom. The molecule has 21 heavy (non-hydrogen) atoms. The van der Waals surface area contributed by atoms with Gasteiger partial charge >= 0.3 is 0 Å². The molecule has 6 heteroatoms. The summed E-state index contributed by atoms with van der Waals surface area (Å²) in [6, 6.07) is 3.96. The Hall–Kier alpha value is -1.75. The van der Waals surface area contributed by atoms with Crippen molar-refractivity contribution in [1.82, 2.24) is 4.90 Å². The lowest BCUT2D eigenvalue weighted by atomic mass is 10.0. The zero-order valence-electron chi connectivity index (χ0n) is 12.1. The van der Waals surface area contributed by atoms with Gasteiger partial charge in [-0.1, -0.05) is 25.4 Å². The summed E-state index contributed by atoms with van der Waals surface area (Å²) in [4.78, 5) is 26.0. The number of phenols is 1. The number of amides is 2. The molecule has 2 amide bonds. The van der Waals surface area contributed by atoms with Gasteiger partial charge in [0.15, 0.2) is 0 Å². The highest BCUT2D eigenvalue weighted by molar-refractivity contribution is 6.30. The number of aromatic hydroxyl groups is 1. The van der Waals surface area contributed by atoms with E-state index in [1.54, 1.807) is 17.0 Å². The molecule has 1 saturated heterocycles. The highest BCUT2D eigenvalue weighted by Crippen LogP contribution is 2.28. The minimum Gasteiger partial charge on any atom is -0.506 e. The van der Waals surface area contributed by atoms with Crippen molar-refractivity contribution in [2.45, 2.75) is 32.7 Å². The minimum absolute atomic E-state index is 0.00387. The van der Waals surface area contributed by atoms with Gasteiger partial charge in [0.05, 0.1) is 5.69 Å². The van der Waals surface area contributed by atoms with Crippen molar-refractivity contribution in [2.24, 2.45) is 5.92 Å². The second kappa shape index (κ2) is 6.35. The zero-order valence-corrected chi connectivity index (χ0v) is 12.9. The Kier molecular flexibility index (Phi) is 4.73. The zero-order chi connectivity index (χ0) is 15.6. The average molecular weight is 311 g/mol. The van der Waals surface area contributed by atoms with E-state index >= 15 is 0 Å². The van der Waals surface area contributed by atoms with Gasteiger partial charge in [0.1, 0.15) is 11.8 Å². The fourth-order valence-corrected chi connectivity index (χ4v) is 2.75. The molecule has 5 nitrogen and oxygen atoms in total. The van der Waals surface area contributed by atoms with Crippen molar-refractivity contribution in [1.29, 1.82) is 0 Å². The molecule has 2 rings (SSSR count). The van der Waals surface area contributed by atoms with Crippen molar-refractivity contribution >= 4 is 29.1 Å². The molecule has 1 aliphatic heterocycles. The molecule has 1 unspecified atom stereocenters. The third kappa shape index (κ3) is 3.47.